The van der Waals surface area contributed by atoms with Crippen LogP contribution >= 0.6 is 0 Å². The number of likely N-dealkylation sites (tertiary alicyclic amines) is 1. The molecule has 8 heteroatoms. The molecular weight excluding hydrogens is 452 g/mol. The van der Waals surface area contributed by atoms with E-state index in [-0.39, 0.29) is 6.10 Å². The maximum Gasteiger partial charge on any atom is 0.224 e. The van der Waals surface area contributed by atoms with Crippen LogP contribution in [-0.2, 0) is 6.54 Å². The highest BCUT2D eigenvalue weighted by Crippen LogP contribution is 2.25. The number of aromatic nitrogens is 2. The number of likely N-dealkylation sites (N-methyl/N-ethyl adjacent to an activating group) is 2. The number of ether oxygens (including phenoxy) is 1. The number of anilines is 3. The monoisotopic (exact) mass is 488 g/mol. The minimum atomic E-state index is 0.200. The van der Waals surface area contributed by atoms with Crippen LogP contribution < -0.4 is 19.9 Å². The average molecular weight is 489 g/mol. The van der Waals surface area contributed by atoms with E-state index in [2.05, 4.69) is 74.6 Å². The molecular formula is C28H36N6O2. The first-order valence-electron chi connectivity index (χ1n) is 12.6. The summed E-state index contributed by atoms with van der Waals surface area (Å²) in [6.07, 6.45) is 3.60. The second-order valence-electron chi connectivity index (χ2n) is 9.21. The largest absolute Gasteiger partial charge is 0.489 e. The molecule has 0 aliphatic carbocycles. The Morgan fingerprint density at radius 2 is 1.92 bits per heavy atom. The Balaban J connectivity index is 1.31. The van der Waals surface area contributed by atoms with Crippen molar-refractivity contribution in [2.24, 2.45) is 0 Å². The molecule has 1 saturated heterocycles. The number of hydrogen-bond acceptors (Lipinski definition) is 8. The van der Waals surface area contributed by atoms with Gasteiger partial charge in [0, 0.05) is 71.3 Å². The number of benzene rings is 2. The number of hydrogen-bond donors (Lipinski definition) is 1. The van der Waals surface area contributed by atoms with Gasteiger partial charge in [0.25, 0.3) is 0 Å². The summed E-state index contributed by atoms with van der Waals surface area (Å²) in [7, 11) is 4.01. The predicted molar refractivity (Wildman–Crippen MR) is 145 cm³/mol. The third kappa shape index (κ3) is 6.73. The number of carbonyl (C=O) groups excluding carboxylic acids is 1. The zero-order valence-electron chi connectivity index (χ0n) is 21.4. The fraction of sp³-hybridized carbons (Fsp3) is 0.393. The second kappa shape index (κ2) is 12.4. The van der Waals surface area contributed by atoms with Gasteiger partial charge < -0.3 is 19.9 Å². The molecule has 8 nitrogen and oxygen atoms in total. The zero-order valence-corrected chi connectivity index (χ0v) is 21.4. The number of carbonyl (C=O) groups is 1. The smallest absolute Gasteiger partial charge is 0.224 e. The number of nitrogens with zero attached hydrogens (tertiary/aromatic N) is 5. The van der Waals surface area contributed by atoms with Crippen molar-refractivity contribution in [2.45, 2.75) is 26.0 Å². The Hall–Kier alpha value is -3.65. The van der Waals surface area contributed by atoms with Gasteiger partial charge in [-0.25, -0.2) is 4.98 Å². The van der Waals surface area contributed by atoms with E-state index < -0.39 is 0 Å². The van der Waals surface area contributed by atoms with Crippen molar-refractivity contribution in [1.82, 2.24) is 14.9 Å². The van der Waals surface area contributed by atoms with E-state index in [1.54, 1.807) is 6.20 Å². The van der Waals surface area contributed by atoms with Crippen LogP contribution in [0, 0.1) is 0 Å². The molecule has 0 saturated carbocycles. The normalized spacial score (nSPS) is 15.5. The Labute approximate surface area is 213 Å². The number of rotatable bonds is 12. The minimum absolute atomic E-state index is 0.200. The highest BCUT2D eigenvalue weighted by atomic mass is 16.5. The van der Waals surface area contributed by atoms with Crippen LogP contribution in [0.25, 0.3) is 0 Å². The molecule has 0 amide bonds. The van der Waals surface area contributed by atoms with E-state index in [1.807, 2.05) is 31.0 Å². The van der Waals surface area contributed by atoms with Gasteiger partial charge in [-0.05, 0) is 31.0 Å². The van der Waals surface area contributed by atoms with Gasteiger partial charge in [0.15, 0.2) is 6.29 Å². The summed E-state index contributed by atoms with van der Waals surface area (Å²) in [6, 6.07) is 18.9. The summed E-state index contributed by atoms with van der Waals surface area (Å²) >= 11 is 0. The van der Waals surface area contributed by atoms with E-state index in [0.29, 0.717) is 23.9 Å². The molecule has 36 heavy (non-hydrogen) atoms. The SMILES string of the molecule is CCNc1ncc(C=O)c(N(C)CCN(C)c2cccc(OC3CCN(Cc4ccccc4)C3)c2)n1. The molecule has 1 unspecified atom stereocenters. The molecule has 0 spiro atoms. The summed E-state index contributed by atoms with van der Waals surface area (Å²) in [4.78, 5) is 26.8. The molecule has 1 aliphatic rings. The highest BCUT2D eigenvalue weighted by Gasteiger charge is 2.24. The Bertz CT molecular complexity index is 1130. The van der Waals surface area contributed by atoms with Crippen LogP contribution in [0.2, 0.25) is 0 Å². The lowest BCUT2D eigenvalue weighted by Gasteiger charge is -2.26. The first-order chi connectivity index (χ1) is 17.6. The highest BCUT2D eigenvalue weighted by molar-refractivity contribution is 5.82. The topological polar surface area (TPSA) is 73.8 Å². The molecule has 2 heterocycles. The van der Waals surface area contributed by atoms with E-state index in [1.165, 1.54) is 5.56 Å². The third-order valence-corrected chi connectivity index (χ3v) is 6.43. The maximum absolute atomic E-state index is 11.5. The van der Waals surface area contributed by atoms with Gasteiger partial charge in [0.05, 0.1) is 5.56 Å². The zero-order chi connectivity index (χ0) is 25.3. The van der Waals surface area contributed by atoms with Crippen molar-refractivity contribution >= 4 is 23.7 Å². The van der Waals surface area contributed by atoms with E-state index in [4.69, 9.17) is 4.74 Å². The van der Waals surface area contributed by atoms with Crippen molar-refractivity contribution in [1.29, 1.82) is 0 Å². The predicted octanol–water partition coefficient (Wildman–Crippen LogP) is 3.95. The van der Waals surface area contributed by atoms with Gasteiger partial charge >= 0.3 is 0 Å². The molecule has 190 valence electrons. The van der Waals surface area contributed by atoms with Crippen molar-refractivity contribution in [3.63, 3.8) is 0 Å². The third-order valence-electron chi connectivity index (χ3n) is 6.43. The number of aldehydes is 1. The molecule has 0 bridgehead atoms. The number of nitrogens with one attached hydrogen (secondary N) is 1. The van der Waals surface area contributed by atoms with Gasteiger partial charge in [0.2, 0.25) is 5.95 Å². The molecule has 1 N–H and O–H groups in total. The molecule has 0 radical (unpaired) electrons. The quantitative estimate of drug-likeness (QED) is 0.384. The molecule has 1 atom stereocenters. The van der Waals surface area contributed by atoms with E-state index in [9.17, 15) is 4.79 Å². The fourth-order valence-corrected chi connectivity index (χ4v) is 4.41. The summed E-state index contributed by atoms with van der Waals surface area (Å²) in [5.41, 5.74) is 2.91. The van der Waals surface area contributed by atoms with Crippen LogP contribution in [0.3, 0.4) is 0 Å². The standard InChI is InChI=1S/C28H36N6O2/c1-4-29-28-30-18-23(21-35)27(31-28)33(3)16-15-32(2)24-11-8-12-25(17-24)36-26-13-14-34(20-26)19-22-9-6-5-7-10-22/h5-12,17-18,21,26H,4,13-16,19-20H2,1-3H3,(H,29,30,31). The van der Waals surface area contributed by atoms with Crippen molar-refractivity contribution in [3.05, 3.63) is 71.9 Å². The molecule has 3 aromatic rings. The van der Waals surface area contributed by atoms with Gasteiger partial charge in [-0.1, -0.05) is 36.4 Å². The lowest BCUT2D eigenvalue weighted by atomic mass is 10.2. The van der Waals surface area contributed by atoms with Crippen LogP contribution in [0.1, 0.15) is 29.3 Å². The van der Waals surface area contributed by atoms with Crippen LogP contribution in [0.4, 0.5) is 17.5 Å². The van der Waals surface area contributed by atoms with Crippen LogP contribution in [-0.4, -0.2) is 74.1 Å². The summed E-state index contributed by atoms with van der Waals surface area (Å²) in [6.45, 7) is 7.11. The first kappa shape index (κ1) is 25.4. The Kier molecular flexibility index (Phi) is 8.73. The van der Waals surface area contributed by atoms with Crippen LogP contribution in [0.15, 0.2) is 60.8 Å². The summed E-state index contributed by atoms with van der Waals surface area (Å²) < 4.78 is 6.35. The fourth-order valence-electron chi connectivity index (χ4n) is 4.41. The summed E-state index contributed by atoms with van der Waals surface area (Å²) in [5.74, 6) is 2.05. The second-order valence-corrected chi connectivity index (χ2v) is 9.21. The van der Waals surface area contributed by atoms with E-state index >= 15 is 0 Å². The molecule has 4 rings (SSSR count). The molecule has 1 fully saturated rings. The average Bonchev–Trinajstić information content (AvgIpc) is 3.34. The molecule has 2 aromatic carbocycles. The molecule has 1 aliphatic heterocycles. The Morgan fingerprint density at radius 3 is 2.69 bits per heavy atom. The van der Waals surface area contributed by atoms with Gasteiger partial charge in [0.1, 0.15) is 17.7 Å². The summed E-state index contributed by atoms with van der Waals surface area (Å²) in [5, 5.41) is 3.10. The molecule has 1 aromatic heterocycles. The van der Waals surface area contributed by atoms with Crippen molar-refractivity contribution in [3.8, 4) is 5.75 Å². The van der Waals surface area contributed by atoms with Crippen molar-refractivity contribution < 1.29 is 9.53 Å². The maximum atomic E-state index is 11.5. The minimum Gasteiger partial charge on any atom is -0.489 e. The van der Waals surface area contributed by atoms with Gasteiger partial charge in [-0.2, -0.15) is 4.98 Å². The Morgan fingerprint density at radius 1 is 1.11 bits per heavy atom. The first-order valence-corrected chi connectivity index (χ1v) is 12.6. The lowest BCUT2D eigenvalue weighted by molar-refractivity contribution is 0.112. The van der Waals surface area contributed by atoms with Crippen molar-refractivity contribution in [2.75, 3.05) is 61.9 Å². The van der Waals surface area contributed by atoms with Crippen LogP contribution in [0.5, 0.6) is 5.75 Å². The lowest BCUT2D eigenvalue weighted by Crippen LogP contribution is -2.32. The van der Waals surface area contributed by atoms with Gasteiger partial charge in [-0.15, -0.1) is 0 Å². The van der Waals surface area contributed by atoms with E-state index in [0.717, 1.165) is 56.9 Å². The van der Waals surface area contributed by atoms with Gasteiger partial charge in [-0.3, -0.25) is 9.69 Å².